The van der Waals surface area contributed by atoms with Crippen LogP contribution in [0.5, 0.6) is 5.75 Å². The number of anilines is 1. The highest BCUT2D eigenvalue weighted by Crippen LogP contribution is 2.26. The summed E-state index contributed by atoms with van der Waals surface area (Å²) < 4.78 is 5.25. The highest BCUT2D eigenvalue weighted by atomic mass is 16.5. The molecule has 0 saturated carbocycles. The van der Waals surface area contributed by atoms with Crippen molar-refractivity contribution in [2.45, 2.75) is 33.2 Å². The van der Waals surface area contributed by atoms with Gasteiger partial charge in [-0.05, 0) is 67.8 Å². The molecular weight excluding hydrogens is 352 g/mol. The van der Waals surface area contributed by atoms with Gasteiger partial charge in [-0.2, -0.15) is 0 Å². The highest BCUT2D eigenvalue weighted by molar-refractivity contribution is 5.99. The molecule has 1 amide bonds. The number of nitrogens with zero attached hydrogens (tertiary/aromatic N) is 1. The number of aryl methyl sites for hydroxylation is 1. The summed E-state index contributed by atoms with van der Waals surface area (Å²) in [4.78, 5) is 26.5. The molecule has 2 aromatic rings. The van der Waals surface area contributed by atoms with Gasteiger partial charge in [0.2, 0.25) is 5.91 Å². The summed E-state index contributed by atoms with van der Waals surface area (Å²) in [6.07, 6.45) is 1.96. The van der Waals surface area contributed by atoms with Gasteiger partial charge in [0.05, 0.1) is 7.11 Å². The van der Waals surface area contributed by atoms with E-state index in [1.54, 1.807) is 7.11 Å². The Morgan fingerprint density at radius 1 is 1.18 bits per heavy atom. The van der Waals surface area contributed by atoms with Crippen molar-refractivity contribution in [1.82, 2.24) is 4.90 Å². The summed E-state index contributed by atoms with van der Waals surface area (Å²) in [5.41, 5.74) is 3.75. The lowest BCUT2D eigenvalue weighted by atomic mass is 9.88. The molecule has 1 heterocycles. The van der Waals surface area contributed by atoms with Gasteiger partial charge in [-0.25, -0.2) is 0 Å². The lowest BCUT2D eigenvalue weighted by Crippen LogP contribution is -2.38. The number of ketones is 1. The molecule has 0 radical (unpaired) electrons. The van der Waals surface area contributed by atoms with Crippen LogP contribution in [0.1, 0.15) is 41.3 Å². The molecule has 28 heavy (non-hydrogen) atoms. The van der Waals surface area contributed by atoms with Gasteiger partial charge in [0, 0.05) is 37.2 Å². The topological polar surface area (TPSA) is 58.6 Å². The smallest absolute Gasteiger partial charge is 0.221 e. The van der Waals surface area contributed by atoms with E-state index < -0.39 is 0 Å². The first kappa shape index (κ1) is 20.1. The van der Waals surface area contributed by atoms with E-state index in [4.69, 9.17) is 4.74 Å². The van der Waals surface area contributed by atoms with Crippen molar-refractivity contribution < 1.29 is 14.3 Å². The minimum atomic E-state index is -0.0704. The van der Waals surface area contributed by atoms with Gasteiger partial charge < -0.3 is 10.1 Å². The van der Waals surface area contributed by atoms with Crippen molar-refractivity contribution in [1.29, 1.82) is 0 Å². The molecule has 1 N–H and O–H groups in total. The zero-order valence-electron chi connectivity index (χ0n) is 16.8. The van der Waals surface area contributed by atoms with Gasteiger partial charge >= 0.3 is 0 Å². The first-order valence-corrected chi connectivity index (χ1v) is 9.74. The number of likely N-dealkylation sites (tertiary alicyclic amines) is 1. The third-order valence-electron chi connectivity index (χ3n) is 5.26. The molecule has 5 heteroatoms. The van der Waals surface area contributed by atoms with Crippen LogP contribution in [0.15, 0.2) is 42.5 Å². The molecule has 0 spiro atoms. The van der Waals surface area contributed by atoms with Crippen molar-refractivity contribution in [2.24, 2.45) is 5.92 Å². The van der Waals surface area contributed by atoms with E-state index in [-0.39, 0.29) is 17.6 Å². The average molecular weight is 380 g/mol. The Morgan fingerprint density at radius 3 is 2.57 bits per heavy atom. The fourth-order valence-corrected chi connectivity index (χ4v) is 3.83. The van der Waals surface area contributed by atoms with Crippen LogP contribution in [0.3, 0.4) is 0 Å². The predicted molar refractivity (Wildman–Crippen MR) is 111 cm³/mol. The second-order valence-corrected chi connectivity index (χ2v) is 7.50. The standard InChI is InChI=1S/C23H28N2O3/c1-16-13-21(28-3)10-11-22(16)23(27)19-5-4-12-25(15-19)14-18-6-8-20(9-7-18)24-17(2)26/h6-11,13,19H,4-5,12,14-15H2,1-3H3,(H,24,26). The Labute approximate surface area is 166 Å². The first-order valence-electron chi connectivity index (χ1n) is 9.74. The summed E-state index contributed by atoms with van der Waals surface area (Å²) in [7, 11) is 1.64. The Morgan fingerprint density at radius 2 is 1.93 bits per heavy atom. The zero-order chi connectivity index (χ0) is 20.1. The Bertz CT molecular complexity index is 845. The van der Waals surface area contributed by atoms with Crippen molar-refractivity contribution in [2.75, 3.05) is 25.5 Å². The number of hydrogen-bond donors (Lipinski definition) is 1. The van der Waals surface area contributed by atoms with Gasteiger partial charge in [-0.1, -0.05) is 12.1 Å². The normalized spacial score (nSPS) is 17.2. The first-order chi connectivity index (χ1) is 13.5. The van der Waals surface area contributed by atoms with Crippen LogP contribution in [0, 0.1) is 12.8 Å². The Kier molecular flexibility index (Phi) is 6.47. The van der Waals surface area contributed by atoms with Gasteiger partial charge in [-0.15, -0.1) is 0 Å². The van der Waals surface area contributed by atoms with Crippen LogP contribution in [0.2, 0.25) is 0 Å². The van der Waals surface area contributed by atoms with Crippen molar-refractivity contribution >= 4 is 17.4 Å². The van der Waals surface area contributed by atoms with Gasteiger partial charge in [-0.3, -0.25) is 14.5 Å². The van der Waals surface area contributed by atoms with E-state index in [1.165, 1.54) is 12.5 Å². The molecule has 1 fully saturated rings. The number of amides is 1. The number of nitrogens with one attached hydrogen (secondary N) is 1. The molecule has 0 aliphatic carbocycles. The van der Waals surface area contributed by atoms with Crippen LogP contribution in [-0.2, 0) is 11.3 Å². The van der Waals surface area contributed by atoms with Crippen LogP contribution < -0.4 is 10.1 Å². The minimum Gasteiger partial charge on any atom is -0.497 e. The molecule has 0 bridgehead atoms. The van der Waals surface area contributed by atoms with E-state index in [1.807, 2.05) is 49.4 Å². The molecule has 148 valence electrons. The molecule has 1 atom stereocenters. The second-order valence-electron chi connectivity index (χ2n) is 7.50. The highest BCUT2D eigenvalue weighted by Gasteiger charge is 2.27. The number of ether oxygens (including phenoxy) is 1. The van der Waals surface area contributed by atoms with Crippen LogP contribution >= 0.6 is 0 Å². The quantitative estimate of drug-likeness (QED) is 0.768. The zero-order valence-corrected chi connectivity index (χ0v) is 16.8. The van der Waals surface area contributed by atoms with Gasteiger partial charge in [0.25, 0.3) is 0 Å². The molecule has 5 nitrogen and oxygen atoms in total. The maximum atomic E-state index is 13.1. The monoisotopic (exact) mass is 380 g/mol. The van der Waals surface area contributed by atoms with Crippen molar-refractivity contribution in [3.63, 3.8) is 0 Å². The number of hydrogen-bond acceptors (Lipinski definition) is 4. The second kappa shape index (κ2) is 9.02. The van der Waals surface area contributed by atoms with Gasteiger partial charge in [0.15, 0.2) is 5.78 Å². The number of methoxy groups -OCH3 is 1. The molecule has 0 aromatic heterocycles. The third-order valence-corrected chi connectivity index (χ3v) is 5.26. The number of carbonyl (C=O) groups is 2. The van der Waals surface area contributed by atoms with Gasteiger partial charge in [0.1, 0.15) is 5.75 Å². The summed E-state index contributed by atoms with van der Waals surface area (Å²) in [6, 6.07) is 13.6. The molecule has 1 unspecified atom stereocenters. The number of piperidine rings is 1. The number of rotatable bonds is 6. The Hall–Kier alpha value is -2.66. The van der Waals surface area contributed by atoms with Crippen molar-refractivity contribution in [3.05, 3.63) is 59.2 Å². The van der Waals surface area contributed by atoms with E-state index >= 15 is 0 Å². The summed E-state index contributed by atoms with van der Waals surface area (Å²) in [5, 5.41) is 2.78. The lowest BCUT2D eigenvalue weighted by Gasteiger charge is -2.32. The van der Waals surface area contributed by atoms with Crippen molar-refractivity contribution in [3.8, 4) is 5.75 Å². The summed E-state index contributed by atoms with van der Waals surface area (Å²) in [5.74, 6) is 0.964. The SMILES string of the molecule is COc1ccc(C(=O)C2CCCN(Cc3ccc(NC(C)=O)cc3)C2)c(C)c1. The predicted octanol–water partition coefficient (Wildman–Crippen LogP) is 4.06. The minimum absolute atomic E-state index is 0.0273. The molecule has 2 aromatic carbocycles. The molecular formula is C23H28N2O3. The van der Waals surface area contributed by atoms with Crippen LogP contribution in [0.25, 0.3) is 0 Å². The van der Waals surface area contributed by atoms with E-state index in [0.29, 0.717) is 0 Å². The maximum absolute atomic E-state index is 13.1. The number of benzene rings is 2. The molecule has 1 aliphatic heterocycles. The maximum Gasteiger partial charge on any atom is 0.221 e. The fraction of sp³-hybridized carbons (Fsp3) is 0.391. The third kappa shape index (κ3) is 4.98. The number of carbonyl (C=O) groups excluding carboxylic acids is 2. The molecule has 3 rings (SSSR count). The average Bonchev–Trinajstić information content (AvgIpc) is 2.68. The fourth-order valence-electron chi connectivity index (χ4n) is 3.83. The van der Waals surface area contributed by atoms with Crippen LogP contribution in [-0.4, -0.2) is 36.8 Å². The van der Waals surface area contributed by atoms with E-state index in [9.17, 15) is 9.59 Å². The summed E-state index contributed by atoms with van der Waals surface area (Å²) >= 11 is 0. The summed E-state index contributed by atoms with van der Waals surface area (Å²) in [6.45, 7) is 6.05. The van der Waals surface area contributed by atoms with Crippen LogP contribution in [0.4, 0.5) is 5.69 Å². The van der Waals surface area contributed by atoms with E-state index in [0.717, 1.165) is 55.0 Å². The largest absolute Gasteiger partial charge is 0.497 e. The lowest BCUT2D eigenvalue weighted by molar-refractivity contribution is -0.114. The Balaban J connectivity index is 1.63. The van der Waals surface area contributed by atoms with E-state index in [2.05, 4.69) is 10.2 Å². The number of Topliss-reactive ketones (excluding diaryl/α,β-unsaturated/α-hetero) is 1. The molecule has 1 aliphatic rings. The molecule has 1 saturated heterocycles.